The molecule has 13 nitrogen and oxygen atoms in total. The first-order valence-corrected chi connectivity index (χ1v) is 10.8. The molecule has 0 amide bonds. The van der Waals surface area contributed by atoms with Crippen molar-refractivity contribution in [3.8, 4) is 0 Å². The minimum atomic E-state index is -4.49. The fraction of sp³-hybridized carbons (Fsp3) is 0.688. The summed E-state index contributed by atoms with van der Waals surface area (Å²) < 4.78 is 30.4. The molecule has 1 aliphatic heterocycles. The van der Waals surface area contributed by atoms with E-state index in [-0.39, 0.29) is 23.5 Å². The molecule has 0 spiro atoms. The number of nitrogens with zero attached hydrogens (tertiary/aromatic N) is 3. The predicted molar refractivity (Wildman–Crippen MR) is 108 cm³/mol. The van der Waals surface area contributed by atoms with Gasteiger partial charge in [0.15, 0.2) is 11.2 Å². The molecule has 1 fully saturated rings. The zero-order chi connectivity index (χ0) is 22.5. The van der Waals surface area contributed by atoms with Gasteiger partial charge in [-0.15, -0.1) is 0 Å². The molecule has 8 N–H and O–H groups in total. The van der Waals surface area contributed by atoms with Crippen LogP contribution in [0.5, 0.6) is 0 Å². The van der Waals surface area contributed by atoms with Crippen LogP contribution in [-0.2, 0) is 18.3 Å². The van der Waals surface area contributed by atoms with E-state index in [1.54, 1.807) is 13.8 Å². The van der Waals surface area contributed by atoms with Gasteiger partial charge in [0.1, 0.15) is 18.1 Å². The molecule has 0 radical (unpaired) electrons. The molecular formula is C16H28N7O6P. The molecule has 0 aliphatic carbocycles. The molecule has 4 unspecified atom stereocenters. The fourth-order valence-corrected chi connectivity index (χ4v) is 4.53. The van der Waals surface area contributed by atoms with Gasteiger partial charge in [-0.2, -0.15) is 4.98 Å². The van der Waals surface area contributed by atoms with Gasteiger partial charge in [0.05, 0.1) is 12.4 Å². The molecule has 2 aromatic rings. The van der Waals surface area contributed by atoms with Gasteiger partial charge in [-0.05, 0) is 34.1 Å². The number of hydrogen-bond donors (Lipinski definition) is 5. The Bertz CT molecular complexity index is 1020. The first-order valence-electron chi connectivity index (χ1n) is 9.31. The SMILES string of the molecule is CC(C)(N)CC1OC(n2cnc3c(=O)[nH]c(N)nc32)CC1OP(=O)(O)OC(C)(C)N. The van der Waals surface area contributed by atoms with Crippen molar-refractivity contribution >= 4 is 24.9 Å². The highest BCUT2D eigenvalue weighted by molar-refractivity contribution is 7.47. The zero-order valence-corrected chi connectivity index (χ0v) is 18.1. The number of aromatic amines is 1. The van der Waals surface area contributed by atoms with E-state index >= 15 is 0 Å². The number of ether oxygens (including phenoxy) is 1. The average molecular weight is 445 g/mol. The quantitative estimate of drug-likeness (QED) is 0.289. The van der Waals surface area contributed by atoms with Gasteiger partial charge in [0.25, 0.3) is 5.56 Å². The van der Waals surface area contributed by atoms with Crippen LogP contribution in [0.1, 0.15) is 46.8 Å². The number of nitrogen functional groups attached to an aromatic ring is 1. The van der Waals surface area contributed by atoms with Crippen molar-refractivity contribution in [3.05, 3.63) is 16.7 Å². The van der Waals surface area contributed by atoms with Crippen LogP contribution >= 0.6 is 7.82 Å². The first kappa shape index (κ1) is 22.8. The molecule has 0 bridgehead atoms. The van der Waals surface area contributed by atoms with Crippen LogP contribution in [0, 0.1) is 0 Å². The lowest BCUT2D eigenvalue weighted by Crippen LogP contribution is -2.40. The van der Waals surface area contributed by atoms with Crippen molar-refractivity contribution < 1.29 is 23.2 Å². The molecule has 2 aromatic heterocycles. The highest BCUT2D eigenvalue weighted by Gasteiger charge is 2.44. The lowest BCUT2D eigenvalue weighted by atomic mass is 9.95. The minimum absolute atomic E-state index is 0.0712. The van der Waals surface area contributed by atoms with E-state index in [0.717, 1.165) is 0 Å². The summed E-state index contributed by atoms with van der Waals surface area (Å²) >= 11 is 0. The molecule has 1 saturated heterocycles. The summed E-state index contributed by atoms with van der Waals surface area (Å²) in [7, 11) is -4.49. The predicted octanol–water partition coefficient (Wildman–Crippen LogP) is 0.314. The molecule has 0 saturated carbocycles. The number of aromatic nitrogens is 4. The Kier molecular flexibility index (Phi) is 5.84. The molecule has 3 rings (SSSR count). The normalized spacial score (nSPS) is 25.0. The summed E-state index contributed by atoms with van der Waals surface area (Å²) in [5.74, 6) is -0.0712. The molecular weight excluding hydrogens is 417 g/mol. The van der Waals surface area contributed by atoms with Crippen molar-refractivity contribution in [2.45, 2.75) is 70.2 Å². The highest BCUT2D eigenvalue weighted by Crippen LogP contribution is 2.51. The lowest BCUT2D eigenvalue weighted by molar-refractivity contribution is -0.0351. The van der Waals surface area contributed by atoms with Gasteiger partial charge in [-0.25, -0.2) is 9.55 Å². The van der Waals surface area contributed by atoms with E-state index in [0.29, 0.717) is 6.42 Å². The number of fused-ring (bicyclic) bond motifs is 1. The molecule has 4 atom stereocenters. The number of nitrogens with one attached hydrogen (secondary N) is 1. The minimum Gasteiger partial charge on any atom is -0.369 e. The third-order valence-electron chi connectivity index (χ3n) is 4.29. The largest absolute Gasteiger partial charge is 0.474 e. The summed E-state index contributed by atoms with van der Waals surface area (Å²) in [6, 6.07) is 0. The van der Waals surface area contributed by atoms with E-state index in [9.17, 15) is 14.3 Å². The third-order valence-corrected chi connectivity index (χ3v) is 5.53. The van der Waals surface area contributed by atoms with Gasteiger partial charge in [0, 0.05) is 12.0 Å². The topological polar surface area (TPSA) is 207 Å². The van der Waals surface area contributed by atoms with Crippen LogP contribution < -0.4 is 22.8 Å². The Hall–Kier alpha value is -1.86. The number of H-pyrrole nitrogens is 1. The number of phosphoric acid groups is 1. The Morgan fingerprint density at radius 1 is 1.40 bits per heavy atom. The summed E-state index contributed by atoms with van der Waals surface area (Å²) in [5.41, 5.74) is 15.2. The first-order chi connectivity index (χ1) is 13.6. The second-order valence-electron chi connectivity index (χ2n) is 8.64. The number of imidazole rings is 1. The average Bonchev–Trinajstić information content (AvgIpc) is 3.07. The number of rotatable bonds is 7. The van der Waals surface area contributed by atoms with Crippen LogP contribution in [0.15, 0.2) is 11.1 Å². The van der Waals surface area contributed by atoms with E-state index in [1.165, 1.54) is 24.7 Å². The number of anilines is 1. The van der Waals surface area contributed by atoms with Gasteiger partial charge in [0.2, 0.25) is 5.95 Å². The van der Waals surface area contributed by atoms with E-state index < -0.39 is 43.1 Å². The van der Waals surface area contributed by atoms with Crippen LogP contribution in [0.4, 0.5) is 5.95 Å². The van der Waals surface area contributed by atoms with Crippen LogP contribution in [0.3, 0.4) is 0 Å². The molecule has 0 aromatic carbocycles. The standard InChI is InChI=1S/C16H28N7O6P/c1-15(2,18)6-9-8(28-30(25,26)29-16(3,4)19)5-10(27-9)23-7-20-11-12(23)21-14(17)22-13(11)24/h7-10H,5-6,18-19H2,1-4H3,(H,25,26)(H3,17,21,22,24). The zero-order valence-electron chi connectivity index (χ0n) is 17.2. The maximum atomic E-state index is 12.4. The summed E-state index contributed by atoms with van der Waals surface area (Å²) in [6.45, 7) is 6.46. The van der Waals surface area contributed by atoms with E-state index in [4.69, 9.17) is 31.0 Å². The third kappa shape index (κ3) is 5.43. The Labute approximate surface area is 172 Å². The summed E-state index contributed by atoms with van der Waals surface area (Å²) in [4.78, 5) is 32.7. The molecule has 1 aliphatic rings. The number of hydrogen-bond acceptors (Lipinski definition) is 10. The maximum absolute atomic E-state index is 12.4. The van der Waals surface area contributed by atoms with Crippen LogP contribution in [0.2, 0.25) is 0 Å². The highest BCUT2D eigenvalue weighted by atomic mass is 31.2. The van der Waals surface area contributed by atoms with Gasteiger partial charge in [-0.1, -0.05) is 0 Å². The van der Waals surface area contributed by atoms with Crippen molar-refractivity contribution in [2.75, 3.05) is 5.73 Å². The van der Waals surface area contributed by atoms with Crippen molar-refractivity contribution in [1.82, 2.24) is 19.5 Å². The van der Waals surface area contributed by atoms with Crippen LogP contribution in [-0.4, -0.2) is 47.9 Å². The second-order valence-corrected chi connectivity index (χ2v) is 9.97. The van der Waals surface area contributed by atoms with E-state index in [2.05, 4.69) is 15.0 Å². The molecule has 30 heavy (non-hydrogen) atoms. The molecule has 14 heteroatoms. The summed E-state index contributed by atoms with van der Waals surface area (Å²) in [6.07, 6.45) is -0.304. The second kappa shape index (κ2) is 7.68. The van der Waals surface area contributed by atoms with Gasteiger partial charge >= 0.3 is 7.82 Å². The van der Waals surface area contributed by atoms with Crippen molar-refractivity contribution in [1.29, 1.82) is 0 Å². The number of phosphoric ester groups is 1. The van der Waals surface area contributed by atoms with Crippen LogP contribution in [0.25, 0.3) is 11.2 Å². The maximum Gasteiger partial charge on any atom is 0.474 e. The number of nitrogens with two attached hydrogens (primary N) is 3. The Morgan fingerprint density at radius 2 is 2.07 bits per heavy atom. The Balaban J connectivity index is 1.90. The van der Waals surface area contributed by atoms with Gasteiger partial charge in [-0.3, -0.25) is 23.4 Å². The van der Waals surface area contributed by atoms with Crippen molar-refractivity contribution in [2.24, 2.45) is 11.5 Å². The lowest BCUT2D eigenvalue weighted by Gasteiger charge is -2.29. The van der Waals surface area contributed by atoms with Crippen molar-refractivity contribution in [3.63, 3.8) is 0 Å². The molecule has 3 heterocycles. The van der Waals surface area contributed by atoms with Gasteiger partial charge < -0.3 is 26.8 Å². The van der Waals surface area contributed by atoms with E-state index in [1.807, 2.05) is 0 Å². The summed E-state index contributed by atoms with van der Waals surface area (Å²) in [5, 5.41) is 0. The Morgan fingerprint density at radius 3 is 2.67 bits per heavy atom. The smallest absolute Gasteiger partial charge is 0.369 e. The molecule has 168 valence electrons. The fourth-order valence-electron chi connectivity index (χ4n) is 3.33. The monoisotopic (exact) mass is 445 g/mol.